The molecule has 3 rings (SSSR count). The van der Waals surface area contributed by atoms with Crippen molar-refractivity contribution in [1.29, 1.82) is 0 Å². The lowest BCUT2D eigenvalue weighted by molar-refractivity contribution is 0.0676. The van der Waals surface area contributed by atoms with Crippen LogP contribution in [0.5, 0.6) is 0 Å². The maximum Gasteiger partial charge on any atom is 0.188 e. The van der Waals surface area contributed by atoms with E-state index in [1.165, 1.54) is 17.6 Å². The molecule has 2 heterocycles. The van der Waals surface area contributed by atoms with Crippen LogP contribution in [0.15, 0.2) is 47.5 Å². The van der Waals surface area contributed by atoms with E-state index in [4.69, 9.17) is 9.72 Å². The fourth-order valence-electron chi connectivity index (χ4n) is 2.57. The quantitative estimate of drug-likeness (QED) is 0.606. The monoisotopic (exact) mass is 417 g/mol. The largest absolute Gasteiger partial charge is 0.373 e. The van der Waals surface area contributed by atoms with Gasteiger partial charge in [0, 0.05) is 29.4 Å². The van der Waals surface area contributed by atoms with Gasteiger partial charge < -0.3 is 10.1 Å². The maximum absolute atomic E-state index is 11.6. The van der Waals surface area contributed by atoms with Crippen LogP contribution in [0.4, 0.5) is 10.8 Å². The Hall–Kier alpha value is -2.29. The first kappa shape index (κ1) is 20.4. The van der Waals surface area contributed by atoms with Gasteiger partial charge in [-0.1, -0.05) is 11.3 Å². The highest BCUT2D eigenvalue weighted by Crippen LogP contribution is 2.33. The molecule has 28 heavy (non-hydrogen) atoms. The van der Waals surface area contributed by atoms with Crippen LogP contribution < -0.4 is 5.32 Å². The first-order valence-electron chi connectivity index (χ1n) is 8.84. The standard InChI is InChI=1S/C20H23N3O3S2/c1-13(2)26-12-18-19(15-9-10-21-14(3)11-15)23-20(27-18)22-16-5-7-17(8-6-16)28(4,24)25/h5-11,13H,12H2,1-4H3,(H,22,23). The molecule has 8 heteroatoms. The summed E-state index contributed by atoms with van der Waals surface area (Å²) in [6, 6.07) is 10.6. The van der Waals surface area contributed by atoms with Gasteiger partial charge in [-0.15, -0.1) is 0 Å². The molecule has 3 aromatic rings. The Kier molecular flexibility index (Phi) is 6.12. The number of benzene rings is 1. The van der Waals surface area contributed by atoms with Crippen molar-refractivity contribution >= 4 is 32.0 Å². The van der Waals surface area contributed by atoms with Gasteiger partial charge >= 0.3 is 0 Å². The summed E-state index contributed by atoms with van der Waals surface area (Å²) in [5, 5.41) is 3.98. The number of nitrogens with one attached hydrogen (secondary N) is 1. The minimum absolute atomic E-state index is 0.120. The number of ether oxygens (including phenoxy) is 1. The zero-order valence-corrected chi connectivity index (χ0v) is 17.9. The molecule has 1 aromatic carbocycles. The van der Waals surface area contributed by atoms with Gasteiger partial charge in [-0.3, -0.25) is 4.98 Å². The van der Waals surface area contributed by atoms with Crippen LogP contribution >= 0.6 is 11.3 Å². The van der Waals surface area contributed by atoms with Crippen molar-refractivity contribution in [2.24, 2.45) is 0 Å². The molecule has 0 atom stereocenters. The summed E-state index contributed by atoms with van der Waals surface area (Å²) in [6.45, 7) is 6.42. The van der Waals surface area contributed by atoms with Crippen LogP contribution in [0.1, 0.15) is 24.4 Å². The average Bonchev–Trinajstić information content (AvgIpc) is 3.02. The molecule has 2 aromatic heterocycles. The zero-order chi connectivity index (χ0) is 20.3. The number of pyridine rings is 1. The Balaban J connectivity index is 1.90. The van der Waals surface area contributed by atoms with Crippen molar-refractivity contribution < 1.29 is 13.2 Å². The molecule has 0 saturated heterocycles. The molecule has 0 aliphatic heterocycles. The Labute approximate surface area is 169 Å². The van der Waals surface area contributed by atoms with E-state index in [-0.39, 0.29) is 11.0 Å². The molecule has 0 bridgehead atoms. The molecule has 0 unspecified atom stereocenters. The van der Waals surface area contributed by atoms with Gasteiger partial charge in [-0.25, -0.2) is 13.4 Å². The molecule has 0 amide bonds. The number of aromatic nitrogens is 2. The van der Waals surface area contributed by atoms with E-state index in [2.05, 4.69) is 10.3 Å². The second-order valence-electron chi connectivity index (χ2n) is 6.76. The van der Waals surface area contributed by atoms with E-state index in [1.807, 2.05) is 32.9 Å². The second kappa shape index (κ2) is 8.38. The predicted octanol–water partition coefficient (Wildman–Crippen LogP) is 4.59. The maximum atomic E-state index is 11.6. The van der Waals surface area contributed by atoms with Gasteiger partial charge in [0.15, 0.2) is 15.0 Å². The molecule has 0 saturated carbocycles. The number of aryl methyl sites for hydroxylation is 1. The minimum Gasteiger partial charge on any atom is -0.373 e. The van der Waals surface area contributed by atoms with Gasteiger partial charge in [0.1, 0.15) is 0 Å². The SMILES string of the molecule is Cc1cc(-c2nc(Nc3ccc(S(C)(=O)=O)cc3)sc2COC(C)C)ccn1. The summed E-state index contributed by atoms with van der Waals surface area (Å²) in [4.78, 5) is 10.3. The van der Waals surface area contributed by atoms with E-state index < -0.39 is 9.84 Å². The fraction of sp³-hybridized carbons (Fsp3) is 0.300. The normalized spacial score (nSPS) is 11.8. The molecular formula is C20H23N3O3S2. The van der Waals surface area contributed by atoms with Crippen molar-refractivity contribution in [2.75, 3.05) is 11.6 Å². The molecule has 0 radical (unpaired) electrons. The van der Waals surface area contributed by atoms with Crippen molar-refractivity contribution in [3.63, 3.8) is 0 Å². The average molecular weight is 418 g/mol. The van der Waals surface area contributed by atoms with E-state index in [0.29, 0.717) is 6.61 Å². The predicted molar refractivity (Wildman–Crippen MR) is 113 cm³/mol. The molecule has 0 fully saturated rings. The van der Waals surface area contributed by atoms with Crippen molar-refractivity contribution in [3.8, 4) is 11.3 Å². The van der Waals surface area contributed by atoms with E-state index in [9.17, 15) is 8.42 Å². The smallest absolute Gasteiger partial charge is 0.188 e. The molecule has 6 nitrogen and oxygen atoms in total. The zero-order valence-electron chi connectivity index (χ0n) is 16.3. The van der Waals surface area contributed by atoms with Crippen molar-refractivity contribution in [3.05, 3.63) is 53.2 Å². The molecule has 1 N–H and O–H groups in total. The first-order valence-corrected chi connectivity index (χ1v) is 11.5. The Morgan fingerprint density at radius 1 is 1.18 bits per heavy atom. The highest BCUT2D eigenvalue weighted by Gasteiger charge is 2.15. The number of thiazole rings is 1. The van der Waals surface area contributed by atoms with Gasteiger partial charge in [-0.2, -0.15) is 0 Å². The number of nitrogens with zero attached hydrogens (tertiary/aromatic N) is 2. The molecule has 0 aliphatic rings. The third kappa shape index (κ3) is 5.15. The summed E-state index contributed by atoms with van der Waals surface area (Å²) >= 11 is 1.52. The van der Waals surface area contributed by atoms with Crippen LogP contribution in [-0.2, 0) is 21.2 Å². The summed E-state index contributed by atoms with van der Waals surface area (Å²) in [6.07, 6.45) is 3.09. The summed E-state index contributed by atoms with van der Waals surface area (Å²) < 4.78 is 29.0. The number of sulfone groups is 1. The third-order valence-corrected chi connectivity index (χ3v) is 6.02. The topological polar surface area (TPSA) is 81.2 Å². The van der Waals surface area contributed by atoms with Crippen molar-refractivity contribution in [2.45, 2.75) is 38.4 Å². The van der Waals surface area contributed by atoms with Crippen LogP contribution in [0.25, 0.3) is 11.3 Å². The van der Waals surface area contributed by atoms with Crippen molar-refractivity contribution in [1.82, 2.24) is 9.97 Å². The minimum atomic E-state index is -3.21. The van der Waals surface area contributed by atoms with E-state index >= 15 is 0 Å². The second-order valence-corrected chi connectivity index (χ2v) is 9.86. The summed E-state index contributed by atoms with van der Waals surface area (Å²) in [7, 11) is -3.21. The number of rotatable bonds is 7. The number of hydrogen-bond donors (Lipinski definition) is 1. The molecule has 0 spiro atoms. The Bertz CT molecular complexity index is 1060. The van der Waals surface area contributed by atoms with Gasteiger partial charge in [0.2, 0.25) is 0 Å². The van der Waals surface area contributed by atoms with Gasteiger partial charge in [0.25, 0.3) is 0 Å². The van der Waals surface area contributed by atoms with Crippen LogP contribution in [0.3, 0.4) is 0 Å². The Morgan fingerprint density at radius 2 is 1.89 bits per heavy atom. The third-order valence-electron chi connectivity index (χ3n) is 3.95. The summed E-state index contributed by atoms with van der Waals surface area (Å²) in [5.74, 6) is 0. The highest BCUT2D eigenvalue weighted by atomic mass is 32.2. The lowest BCUT2D eigenvalue weighted by Crippen LogP contribution is -2.02. The molecular weight excluding hydrogens is 394 g/mol. The lowest BCUT2D eigenvalue weighted by atomic mass is 10.1. The van der Waals surface area contributed by atoms with Crippen LogP contribution in [-0.4, -0.2) is 30.7 Å². The van der Waals surface area contributed by atoms with Crippen LogP contribution in [0, 0.1) is 6.92 Å². The number of anilines is 2. The lowest BCUT2D eigenvalue weighted by Gasteiger charge is -2.07. The Morgan fingerprint density at radius 3 is 2.50 bits per heavy atom. The first-order chi connectivity index (χ1) is 13.2. The van der Waals surface area contributed by atoms with E-state index in [1.54, 1.807) is 30.5 Å². The van der Waals surface area contributed by atoms with Gasteiger partial charge in [0.05, 0.1) is 28.2 Å². The molecule has 0 aliphatic carbocycles. The highest BCUT2D eigenvalue weighted by molar-refractivity contribution is 7.90. The van der Waals surface area contributed by atoms with Gasteiger partial charge in [-0.05, 0) is 57.2 Å². The fourth-order valence-corrected chi connectivity index (χ4v) is 4.13. The van der Waals surface area contributed by atoms with E-state index in [0.717, 1.165) is 32.6 Å². The molecule has 148 valence electrons. The summed E-state index contributed by atoms with van der Waals surface area (Å²) in [5.41, 5.74) is 3.56. The number of hydrogen-bond acceptors (Lipinski definition) is 7. The van der Waals surface area contributed by atoms with Crippen LogP contribution in [0.2, 0.25) is 0 Å².